The number of carbonyl (C=O) groups excluding carboxylic acids is 1. The van der Waals surface area contributed by atoms with E-state index in [9.17, 15) is 9.59 Å². The van der Waals surface area contributed by atoms with Crippen LogP contribution in [0.15, 0.2) is 71.5 Å². The number of aryl methyl sites for hydroxylation is 1. The molecule has 0 saturated carbocycles. The maximum absolute atomic E-state index is 13.7. The second-order valence-corrected chi connectivity index (χ2v) is 8.13. The molecule has 0 N–H and O–H groups in total. The maximum atomic E-state index is 13.7. The molecule has 1 amide bonds. The monoisotopic (exact) mass is 457 g/mol. The molecule has 0 aliphatic rings. The number of rotatable bonds is 6. The fraction of sp³-hybridized carbons (Fsp3) is 0.222. The third-order valence-electron chi connectivity index (χ3n) is 5.97. The van der Waals surface area contributed by atoms with Gasteiger partial charge in [0.25, 0.3) is 11.5 Å². The number of fused-ring (bicyclic) bond motifs is 1. The molecule has 7 nitrogen and oxygen atoms in total. The first-order valence-corrected chi connectivity index (χ1v) is 10.9. The van der Waals surface area contributed by atoms with Gasteiger partial charge in [-0.2, -0.15) is 0 Å². The van der Waals surface area contributed by atoms with E-state index in [1.807, 2.05) is 44.2 Å². The summed E-state index contributed by atoms with van der Waals surface area (Å²) in [6.45, 7) is 3.80. The van der Waals surface area contributed by atoms with Gasteiger partial charge in [-0.05, 0) is 61.9 Å². The lowest BCUT2D eigenvalue weighted by Gasteiger charge is -2.27. The Morgan fingerprint density at radius 3 is 2.50 bits per heavy atom. The van der Waals surface area contributed by atoms with Crippen LogP contribution in [0.4, 0.5) is 0 Å². The molecule has 1 aromatic heterocycles. The predicted octanol–water partition coefficient (Wildman–Crippen LogP) is 4.54. The highest BCUT2D eigenvalue weighted by atomic mass is 16.5. The molecule has 0 bridgehead atoms. The Hall–Kier alpha value is -4.13. The van der Waals surface area contributed by atoms with Gasteiger partial charge in [-0.15, -0.1) is 0 Å². The first kappa shape index (κ1) is 23.0. The number of methoxy groups -OCH3 is 2. The molecule has 1 unspecified atom stereocenters. The van der Waals surface area contributed by atoms with E-state index >= 15 is 0 Å². The van der Waals surface area contributed by atoms with Crippen molar-refractivity contribution in [2.24, 2.45) is 0 Å². The highest BCUT2D eigenvalue weighted by Crippen LogP contribution is 2.29. The van der Waals surface area contributed by atoms with Gasteiger partial charge < -0.3 is 14.4 Å². The van der Waals surface area contributed by atoms with Gasteiger partial charge in [0.05, 0.1) is 36.9 Å². The van der Waals surface area contributed by atoms with Crippen LogP contribution in [-0.2, 0) is 0 Å². The summed E-state index contributed by atoms with van der Waals surface area (Å²) in [7, 11) is 4.82. The van der Waals surface area contributed by atoms with Gasteiger partial charge >= 0.3 is 0 Å². The van der Waals surface area contributed by atoms with Gasteiger partial charge in [-0.3, -0.25) is 14.2 Å². The molecular weight excluding hydrogens is 430 g/mol. The third kappa shape index (κ3) is 4.12. The van der Waals surface area contributed by atoms with Crippen LogP contribution in [0.2, 0.25) is 0 Å². The number of ether oxygens (including phenoxy) is 2. The Labute approximate surface area is 198 Å². The van der Waals surface area contributed by atoms with Crippen molar-refractivity contribution in [2.75, 3.05) is 21.3 Å². The molecule has 1 heterocycles. The van der Waals surface area contributed by atoms with Crippen LogP contribution in [-0.4, -0.2) is 41.6 Å². The first-order chi connectivity index (χ1) is 16.3. The summed E-state index contributed by atoms with van der Waals surface area (Å²) in [5.41, 5.74) is 2.37. The zero-order chi connectivity index (χ0) is 24.4. The van der Waals surface area contributed by atoms with Crippen LogP contribution >= 0.6 is 0 Å². The van der Waals surface area contributed by atoms with Crippen molar-refractivity contribution in [3.8, 4) is 17.2 Å². The van der Waals surface area contributed by atoms with E-state index in [0.717, 1.165) is 5.56 Å². The van der Waals surface area contributed by atoms with Crippen molar-refractivity contribution >= 4 is 16.8 Å². The van der Waals surface area contributed by atoms with Gasteiger partial charge in [0.15, 0.2) is 0 Å². The molecule has 174 valence electrons. The Morgan fingerprint density at radius 1 is 1.00 bits per heavy atom. The van der Waals surface area contributed by atoms with Gasteiger partial charge in [0, 0.05) is 12.6 Å². The fourth-order valence-electron chi connectivity index (χ4n) is 3.95. The van der Waals surface area contributed by atoms with Crippen molar-refractivity contribution in [3.63, 3.8) is 0 Å². The zero-order valence-electron chi connectivity index (χ0n) is 19.9. The quantitative estimate of drug-likeness (QED) is 0.425. The van der Waals surface area contributed by atoms with Gasteiger partial charge in [-0.1, -0.05) is 24.3 Å². The molecule has 7 heteroatoms. The molecule has 0 saturated heterocycles. The second kappa shape index (κ2) is 9.39. The van der Waals surface area contributed by atoms with Crippen molar-refractivity contribution in [1.82, 2.24) is 14.5 Å². The standard InChI is InChI=1S/C27H27N3O4/c1-17-13-14-24(34-5)23(15-17)30-25(28-22-12-7-6-11-21(22)27(30)32)18(2)29(3)26(31)19-9-8-10-20(16-19)33-4/h6-16,18H,1-5H3. The van der Waals surface area contributed by atoms with E-state index in [0.29, 0.717) is 39.5 Å². The minimum atomic E-state index is -0.527. The summed E-state index contributed by atoms with van der Waals surface area (Å²) in [6, 6.07) is 19.3. The molecule has 0 aliphatic carbocycles. The molecule has 4 rings (SSSR count). The van der Waals surface area contributed by atoms with E-state index in [1.165, 1.54) is 0 Å². The number of hydrogen-bond acceptors (Lipinski definition) is 5. The van der Waals surface area contributed by atoms with E-state index in [2.05, 4.69) is 0 Å². The average molecular weight is 458 g/mol. The van der Waals surface area contributed by atoms with Crippen LogP contribution in [0.5, 0.6) is 11.5 Å². The molecule has 0 spiro atoms. The highest BCUT2D eigenvalue weighted by Gasteiger charge is 2.26. The summed E-state index contributed by atoms with van der Waals surface area (Å²) >= 11 is 0. The van der Waals surface area contributed by atoms with Crippen LogP contribution in [0.25, 0.3) is 16.6 Å². The number of carbonyl (C=O) groups is 1. The lowest BCUT2D eigenvalue weighted by atomic mass is 10.1. The van der Waals surface area contributed by atoms with Crippen LogP contribution in [0, 0.1) is 6.92 Å². The number of nitrogens with zero attached hydrogens (tertiary/aromatic N) is 3. The fourth-order valence-corrected chi connectivity index (χ4v) is 3.95. The van der Waals surface area contributed by atoms with Crippen LogP contribution in [0.3, 0.4) is 0 Å². The average Bonchev–Trinajstić information content (AvgIpc) is 2.87. The summed E-state index contributed by atoms with van der Waals surface area (Å²) in [5.74, 6) is 1.36. The van der Waals surface area contributed by atoms with Crippen molar-refractivity contribution in [2.45, 2.75) is 19.9 Å². The molecule has 3 aromatic carbocycles. The highest BCUT2D eigenvalue weighted by molar-refractivity contribution is 5.94. The maximum Gasteiger partial charge on any atom is 0.266 e. The molecule has 4 aromatic rings. The van der Waals surface area contributed by atoms with Crippen molar-refractivity contribution in [1.29, 1.82) is 0 Å². The van der Waals surface area contributed by atoms with Gasteiger partial charge in [0.1, 0.15) is 17.3 Å². The van der Waals surface area contributed by atoms with Gasteiger partial charge in [0.2, 0.25) is 0 Å². The van der Waals surface area contributed by atoms with Crippen molar-refractivity contribution < 1.29 is 14.3 Å². The van der Waals surface area contributed by atoms with E-state index in [-0.39, 0.29) is 11.5 Å². The summed E-state index contributed by atoms with van der Waals surface area (Å²) in [6.07, 6.45) is 0. The Balaban J connectivity index is 1.91. The molecule has 1 atom stereocenters. The van der Waals surface area contributed by atoms with Gasteiger partial charge in [-0.25, -0.2) is 4.98 Å². The molecule has 0 fully saturated rings. The van der Waals surface area contributed by atoms with Crippen molar-refractivity contribution in [3.05, 3.63) is 94.0 Å². The summed E-state index contributed by atoms with van der Waals surface area (Å²) in [4.78, 5) is 33.5. The van der Waals surface area contributed by atoms with E-state index < -0.39 is 6.04 Å². The molecule has 34 heavy (non-hydrogen) atoms. The normalized spacial score (nSPS) is 11.8. The summed E-state index contributed by atoms with van der Waals surface area (Å²) in [5, 5.41) is 0.490. The van der Waals surface area contributed by atoms with E-state index in [4.69, 9.17) is 14.5 Å². The molecular formula is C27H27N3O4. The van der Waals surface area contributed by atoms with E-state index in [1.54, 1.807) is 67.1 Å². The minimum absolute atomic E-state index is 0.212. The number of benzene rings is 3. The number of amides is 1. The number of hydrogen-bond donors (Lipinski definition) is 0. The predicted molar refractivity (Wildman–Crippen MR) is 132 cm³/mol. The first-order valence-electron chi connectivity index (χ1n) is 10.9. The lowest BCUT2D eigenvalue weighted by Crippen LogP contribution is -2.35. The third-order valence-corrected chi connectivity index (χ3v) is 5.97. The minimum Gasteiger partial charge on any atom is -0.497 e. The summed E-state index contributed by atoms with van der Waals surface area (Å²) < 4.78 is 12.4. The molecule has 0 radical (unpaired) electrons. The Morgan fingerprint density at radius 2 is 1.76 bits per heavy atom. The SMILES string of the molecule is COc1cccc(C(=O)N(C)C(C)c2nc3ccccc3c(=O)n2-c2cc(C)ccc2OC)c1. The van der Waals surface area contributed by atoms with Crippen LogP contribution < -0.4 is 15.0 Å². The van der Waals surface area contributed by atoms with Crippen LogP contribution in [0.1, 0.15) is 34.7 Å². The molecule has 0 aliphatic heterocycles. The smallest absolute Gasteiger partial charge is 0.266 e. The lowest BCUT2D eigenvalue weighted by molar-refractivity contribution is 0.0734. The zero-order valence-corrected chi connectivity index (χ0v) is 19.9. The Kier molecular flexibility index (Phi) is 6.36. The number of para-hydroxylation sites is 1. The Bertz CT molecular complexity index is 1430. The topological polar surface area (TPSA) is 73.7 Å². The second-order valence-electron chi connectivity index (χ2n) is 8.13. The number of aromatic nitrogens is 2. The largest absolute Gasteiger partial charge is 0.497 e.